The van der Waals surface area contributed by atoms with Crippen molar-refractivity contribution in [1.82, 2.24) is 0 Å². The van der Waals surface area contributed by atoms with Gasteiger partial charge in [0.05, 0.1) is 12.5 Å². The van der Waals surface area contributed by atoms with E-state index in [-0.39, 0.29) is 0 Å². The fraction of sp³-hybridized carbons (Fsp3) is 0.111. The minimum atomic E-state index is 0.850. The molecule has 3 nitrogen and oxygen atoms in total. The van der Waals surface area contributed by atoms with E-state index >= 15 is 0 Å². The van der Waals surface area contributed by atoms with Crippen molar-refractivity contribution in [2.75, 3.05) is 0 Å². The Morgan fingerprint density at radius 2 is 2.42 bits per heavy atom. The van der Waals surface area contributed by atoms with Crippen molar-refractivity contribution >= 4 is 11.9 Å². The highest BCUT2D eigenvalue weighted by Crippen LogP contribution is 2.24. The molecule has 12 heavy (non-hydrogen) atoms. The van der Waals surface area contributed by atoms with Gasteiger partial charge in [-0.25, -0.2) is 0 Å². The SMILES string of the molecule is C1=NN=C2C1=CCc1occc12. The Balaban J connectivity index is 2.26. The number of furan rings is 1. The summed E-state index contributed by atoms with van der Waals surface area (Å²) < 4.78 is 5.28. The van der Waals surface area contributed by atoms with Gasteiger partial charge in [0.2, 0.25) is 0 Å². The van der Waals surface area contributed by atoms with Crippen molar-refractivity contribution in [3.8, 4) is 0 Å². The molecule has 0 spiro atoms. The number of hydrogen-bond donors (Lipinski definition) is 0. The molecule has 0 aromatic carbocycles. The van der Waals surface area contributed by atoms with Crippen LogP contribution in [0.1, 0.15) is 11.3 Å². The molecule has 0 saturated heterocycles. The summed E-state index contributed by atoms with van der Waals surface area (Å²) in [5.74, 6) is 0.989. The third kappa shape index (κ3) is 0.605. The van der Waals surface area contributed by atoms with Gasteiger partial charge in [-0.05, 0) is 6.07 Å². The molecule has 1 aliphatic heterocycles. The fourth-order valence-corrected chi connectivity index (χ4v) is 1.54. The molecule has 0 bridgehead atoms. The minimum Gasteiger partial charge on any atom is -0.468 e. The number of rotatable bonds is 0. The van der Waals surface area contributed by atoms with Gasteiger partial charge in [-0.15, -0.1) is 5.10 Å². The minimum absolute atomic E-state index is 0.850. The Morgan fingerprint density at radius 3 is 3.42 bits per heavy atom. The summed E-state index contributed by atoms with van der Waals surface area (Å²) in [7, 11) is 0. The van der Waals surface area contributed by atoms with E-state index in [4.69, 9.17) is 4.42 Å². The Kier molecular flexibility index (Phi) is 0.961. The molecule has 3 rings (SSSR count). The van der Waals surface area contributed by atoms with E-state index in [9.17, 15) is 0 Å². The van der Waals surface area contributed by atoms with Gasteiger partial charge in [0.1, 0.15) is 11.5 Å². The normalized spacial score (nSPS) is 18.3. The lowest BCUT2D eigenvalue weighted by atomic mass is 9.97. The molecule has 0 unspecified atom stereocenters. The summed E-state index contributed by atoms with van der Waals surface area (Å²) in [4.78, 5) is 0. The van der Waals surface area contributed by atoms with E-state index in [2.05, 4.69) is 16.3 Å². The molecular formula is C9H6N2O. The van der Waals surface area contributed by atoms with Crippen molar-refractivity contribution in [1.29, 1.82) is 0 Å². The van der Waals surface area contributed by atoms with Gasteiger partial charge in [-0.2, -0.15) is 5.10 Å². The first-order chi connectivity index (χ1) is 5.95. The predicted molar refractivity (Wildman–Crippen MR) is 45.5 cm³/mol. The Hall–Kier alpha value is -1.64. The highest BCUT2D eigenvalue weighted by atomic mass is 16.3. The lowest BCUT2D eigenvalue weighted by Gasteiger charge is -2.06. The monoisotopic (exact) mass is 158 g/mol. The van der Waals surface area contributed by atoms with Gasteiger partial charge in [0.15, 0.2) is 0 Å². The average Bonchev–Trinajstić information content (AvgIpc) is 2.71. The van der Waals surface area contributed by atoms with Crippen LogP contribution in [-0.2, 0) is 6.42 Å². The smallest absolute Gasteiger partial charge is 0.117 e. The lowest BCUT2D eigenvalue weighted by molar-refractivity contribution is 0.521. The maximum absolute atomic E-state index is 5.28. The quantitative estimate of drug-likeness (QED) is 0.564. The zero-order valence-electron chi connectivity index (χ0n) is 6.32. The first-order valence-corrected chi connectivity index (χ1v) is 3.83. The molecule has 0 amide bonds. The fourth-order valence-electron chi connectivity index (χ4n) is 1.54. The van der Waals surface area contributed by atoms with Gasteiger partial charge in [-0.1, -0.05) is 6.08 Å². The molecule has 0 saturated carbocycles. The first-order valence-electron chi connectivity index (χ1n) is 3.83. The van der Waals surface area contributed by atoms with E-state index in [1.807, 2.05) is 6.07 Å². The zero-order valence-corrected chi connectivity index (χ0v) is 6.32. The van der Waals surface area contributed by atoms with Crippen LogP contribution in [0.5, 0.6) is 0 Å². The zero-order chi connectivity index (χ0) is 7.97. The number of fused-ring (bicyclic) bond motifs is 3. The van der Waals surface area contributed by atoms with Gasteiger partial charge < -0.3 is 4.42 Å². The summed E-state index contributed by atoms with van der Waals surface area (Å²) in [5, 5.41) is 7.89. The van der Waals surface area contributed by atoms with E-state index in [0.717, 1.165) is 29.0 Å². The predicted octanol–water partition coefficient (Wildman–Crippen LogP) is 1.55. The molecule has 0 N–H and O–H groups in total. The highest BCUT2D eigenvalue weighted by molar-refractivity contribution is 6.27. The number of hydrogen-bond acceptors (Lipinski definition) is 3. The molecule has 3 heteroatoms. The van der Waals surface area contributed by atoms with Crippen LogP contribution in [0.2, 0.25) is 0 Å². The molecule has 0 atom stereocenters. The second-order valence-corrected chi connectivity index (χ2v) is 2.81. The van der Waals surface area contributed by atoms with Gasteiger partial charge in [-0.3, -0.25) is 0 Å². The molecule has 2 heterocycles. The van der Waals surface area contributed by atoms with Crippen molar-refractivity contribution in [2.45, 2.75) is 6.42 Å². The van der Waals surface area contributed by atoms with Crippen LogP contribution in [0.4, 0.5) is 0 Å². The van der Waals surface area contributed by atoms with Gasteiger partial charge >= 0.3 is 0 Å². The van der Waals surface area contributed by atoms with Gasteiger partial charge in [0.25, 0.3) is 0 Å². The topological polar surface area (TPSA) is 37.9 Å². The second-order valence-electron chi connectivity index (χ2n) is 2.81. The van der Waals surface area contributed by atoms with Crippen molar-refractivity contribution in [2.24, 2.45) is 10.2 Å². The Bertz CT molecular complexity index is 423. The van der Waals surface area contributed by atoms with Crippen LogP contribution in [0.15, 0.2) is 38.6 Å². The maximum atomic E-state index is 5.28. The van der Waals surface area contributed by atoms with Crippen LogP contribution in [0.3, 0.4) is 0 Å². The molecule has 1 aromatic rings. The summed E-state index contributed by atoms with van der Waals surface area (Å²) >= 11 is 0. The van der Waals surface area contributed by atoms with E-state index in [1.54, 1.807) is 12.5 Å². The second kappa shape index (κ2) is 1.94. The van der Waals surface area contributed by atoms with Crippen molar-refractivity contribution in [3.63, 3.8) is 0 Å². The summed E-state index contributed by atoms with van der Waals surface area (Å²) in [6.07, 6.45) is 6.41. The lowest BCUT2D eigenvalue weighted by Crippen LogP contribution is -2.08. The molecule has 1 aliphatic carbocycles. The standard InChI is InChI=1S/C9H6N2O/c1-2-8-7(3-4-12-8)9-6(1)5-10-11-9/h1,3-5H,2H2. The summed E-state index contributed by atoms with van der Waals surface area (Å²) in [6.45, 7) is 0. The molecule has 2 aliphatic rings. The number of nitrogens with zero attached hydrogens (tertiary/aromatic N) is 2. The van der Waals surface area contributed by atoms with E-state index in [0.29, 0.717) is 0 Å². The van der Waals surface area contributed by atoms with Crippen molar-refractivity contribution in [3.05, 3.63) is 35.3 Å². The summed E-state index contributed by atoms with van der Waals surface area (Å²) in [6, 6.07) is 1.94. The molecular weight excluding hydrogens is 152 g/mol. The van der Waals surface area contributed by atoms with E-state index in [1.165, 1.54) is 0 Å². The van der Waals surface area contributed by atoms with Crippen LogP contribution in [0, 0.1) is 0 Å². The Morgan fingerprint density at radius 1 is 1.42 bits per heavy atom. The molecule has 1 aromatic heterocycles. The van der Waals surface area contributed by atoms with Crippen LogP contribution < -0.4 is 0 Å². The first kappa shape index (κ1) is 5.94. The Labute approximate surface area is 69.1 Å². The van der Waals surface area contributed by atoms with Gasteiger partial charge in [0, 0.05) is 17.6 Å². The van der Waals surface area contributed by atoms with E-state index < -0.39 is 0 Å². The molecule has 58 valence electrons. The largest absolute Gasteiger partial charge is 0.468 e. The summed E-state index contributed by atoms with van der Waals surface area (Å²) in [5.41, 5.74) is 3.15. The molecule has 0 fully saturated rings. The molecule has 0 radical (unpaired) electrons. The third-order valence-corrected chi connectivity index (χ3v) is 2.14. The van der Waals surface area contributed by atoms with Crippen LogP contribution in [0.25, 0.3) is 0 Å². The average molecular weight is 158 g/mol. The van der Waals surface area contributed by atoms with Crippen LogP contribution >= 0.6 is 0 Å². The maximum Gasteiger partial charge on any atom is 0.117 e. The van der Waals surface area contributed by atoms with Crippen molar-refractivity contribution < 1.29 is 4.42 Å². The highest BCUT2D eigenvalue weighted by Gasteiger charge is 2.22. The third-order valence-electron chi connectivity index (χ3n) is 2.14. The number of allylic oxidation sites excluding steroid dienone is 2. The van der Waals surface area contributed by atoms with Crippen LogP contribution in [-0.4, -0.2) is 11.9 Å².